The fraction of sp³-hybridized carbons (Fsp3) is 0.310. The molecule has 54 heavy (non-hydrogen) atoms. The molecule has 1 amide bonds. The zero-order valence-electron chi connectivity index (χ0n) is 31.7. The molecule has 2 unspecified atom stereocenters. The van der Waals surface area contributed by atoms with Gasteiger partial charge in [0.2, 0.25) is 0 Å². The fourth-order valence-corrected chi connectivity index (χ4v) is 8.71. The zero-order valence-corrected chi connectivity index (χ0v) is 31.7. The van der Waals surface area contributed by atoms with Crippen LogP contribution in [-0.2, 0) is 18.5 Å². The van der Waals surface area contributed by atoms with Crippen molar-refractivity contribution in [3.63, 3.8) is 0 Å². The highest BCUT2D eigenvalue weighted by atomic mass is 19.1. The van der Waals surface area contributed by atoms with Gasteiger partial charge in [0.25, 0.3) is 5.91 Å². The van der Waals surface area contributed by atoms with Crippen molar-refractivity contribution in [3.05, 3.63) is 124 Å². The van der Waals surface area contributed by atoms with Gasteiger partial charge in [-0.05, 0) is 93.2 Å². The van der Waals surface area contributed by atoms with Gasteiger partial charge < -0.3 is 36.1 Å². The number of hydrogen-bond acceptors (Lipinski definition) is 8. The van der Waals surface area contributed by atoms with Crippen LogP contribution in [0.5, 0.6) is 0 Å². The Labute approximate surface area is 315 Å². The van der Waals surface area contributed by atoms with Crippen LogP contribution in [0.1, 0.15) is 57.3 Å². The first-order valence-electron chi connectivity index (χ1n) is 18.4. The Bertz CT molecular complexity index is 2380. The van der Waals surface area contributed by atoms with Crippen molar-refractivity contribution < 1.29 is 9.18 Å². The first-order chi connectivity index (χ1) is 25.9. The largest absolute Gasteiger partial charge is 0.388 e. The number of amides is 1. The Morgan fingerprint density at radius 1 is 1.09 bits per heavy atom. The summed E-state index contributed by atoms with van der Waals surface area (Å²) >= 11 is 0. The third kappa shape index (κ3) is 5.18. The number of aryl methyl sites for hydroxylation is 2. The van der Waals surface area contributed by atoms with Crippen molar-refractivity contribution in [3.8, 4) is 5.69 Å². The second-order valence-electron chi connectivity index (χ2n) is 14.8. The van der Waals surface area contributed by atoms with E-state index in [-0.39, 0.29) is 23.8 Å². The summed E-state index contributed by atoms with van der Waals surface area (Å²) in [6, 6.07) is 17.7. The monoisotopic (exact) mass is 726 g/mol. The van der Waals surface area contributed by atoms with Gasteiger partial charge in [0, 0.05) is 66.3 Å². The van der Waals surface area contributed by atoms with Crippen molar-refractivity contribution in [2.75, 3.05) is 35.8 Å². The van der Waals surface area contributed by atoms with Crippen molar-refractivity contribution >= 4 is 40.2 Å². The molecule has 12 heteroatoms. The number of nitrogens with zero attached hydrogens (tertiary/aromatic N) is 6. The molecule has 2 aromatic heterocycles. The SMILES string of the molecule is C=C1N(c2ccc(NC)c(C=N)c2C)C=CN1c1c2c(nn1-c1cc(C)c(F)c(C)c1)CCN(C(=O)c1cc3ccccc3n1[C@@]1(C(N)NC)CC1C)C2. The number of hydrogen-bond donors (Lipinski definition) is 4. The molecule has 278 valence electrons. The molecule has 0 bridgehead atoms. The molecule has 4 heterocycles. The van der Waals surface area contributed by atoms with E-state index < -0.39 is 5.54 Å². The van der Waals surface area contributed by atoms with E-state index in [2.05, 4.69) is 34.8 Å². The van der Waals surface area contributed by atoms with E-state index in [4.69, 9.17) is 16.2 Å². The molecular formula is C42H47FN10O. The second kappa shape index (κ2) is 13.0. The number of para-hydroxylation sites is 1. The second-order valence-corrected chi connectivity index (χ2v) is 14.8. The lowest BCUT2D eigenvalue weighted by Gasteiger charge is -2.32. The van der Waals surface area contributed by atoms with E-state index in [1.807, 2.05) is 101 Å². The topological polar surface area (TPSA) is 123 Å². The number of benzene rings is 3. The third-order valence-corrected chi connectivity index (χ3v) is 11.8. The first-order valence-corrected chi connectivity index (χ1v) is 18.4. The molecule has 3 aromatic carbocycles. The molecule has 0 radical (unpaired) electrons. The minimum absolute atomic E-state index is 0.0670. The Morgan fingerprint density at radius 2 is 1.80 bits per heavy atom. The van der Waals surface area contributed by atoms with Gasteiger partial charge in [0.1, 0.15) is 23.1 Å². The van der Waals surface area contributed by atoms with Gasteiger partial charge in [-0.2, -0.15) is 5.10 Å². The highest BCUT2D eigenvalue weighted by Gasteiger charge is 2.58. The molecule has 1 saturated carbocycles. The standard InChI is InChI=1S/C42H47FN10O/c1-24-18-30(19-25(2)38(24)43)53-39(51-17-16-50(28(51)5)35-13-12-33(46-6)31(22-44)27(35)4)32-23-49(15-14-34(32)48-53)40(54)37-20-29-10-8-9-11-36(29)52(37)42(21-26(42)3)41(45)47-7/h8-13,16-20,22,26,41,44,46-47H,5,14-15,21,23,45H2,1-4,6-7H3/t26?,41?,42-/m0/s1. The van der Waals surface area contributed by atoms with Crippen molar-refractivity contribution in [2.45, 2.75) is 58.8 Å². The molecule has 5 N–H and O–H groups in total. The summed E-state index contributed by atoms with van der Waals surface area (Å²) in [5, 5.41) is 20.7. The molecule has 3 aliphatic rings. The Balaban J connectivity index is 1.22. The molecular weight excluding hydrogens is 680 g/mol. The summed E-state index contributed by atoms with van der Waals surface area (Å²) < 4.78 is 19.0. The van der Waals surface area contributed by atoms with Crippen LogP contribution in [0.25, 0.3) is 16.6 Å². The van der Waals surface area contributed by atoms with Crippen LogP contribution in [-0.4, -0.2) is 58.2 Å². The summed E-state index contributed by atoms with van der Waals surface area (Å²) in [4.78, 5) is 20.8. The molecule has 3 atom stereocenters. The van der Waals surface area contributed by atoms with Gasteiger partial charge in [-0.25, -0.2) is 9.07 Å². The highest BCUT2D eigenvalue weighted by Crippen LogP contribution is 2.54. The lowest BCUT2D eigenvalue weighted by atomic mass is 10.0. The van der Waals surface area contributed by atoms with Gasteiger partial charge in [-0.3, -0.25) is 9.69 Å². The Hall–Kier alpha value is -5.72. The highest BCUT2D eigenvalue weighted by molar-refractivity contribution is 5.99. The molecule has 1 aliphatic carbocycles. The van der Waals surface area contributed by atoms with Gasteiger partial charge in [-0.1, -0.05) is 31.7 Å². The number of likely N-dealkylation sites (N-methyl/N-ethyl adjacent to an activating group) is 1. The summed E-state index contributed by atoms with van der Waals surface area (Å²) in [5.74, 6) is 1.36. The van der Waals surface area contributed by atoms with Gasteiger partial charge in [-0.15, -0.1) is 0 Å². The maximum Gasteiger partial charge on any atom is 0.270 e. The summed E-state index contributed by atoms with van der Waals surface area (Å²) in [6.45, 7) is 13.0. The lowest BCUT2D eigenvalue weighted by molar-refractivity contribution is 0.0718. The molecule has 0 saturated heterocycles. The van der Waals surface area contributed by atoms with E-state index in [0.717, 1.165) is 62.6 Å². The van der Waals surface area contributed by atoms with Crippen molar-refractivity contribution in [2.24, 2.45) is 11.7 Å². The molecule has 0 spiro atoms. The van der Waals surface area contributed by atoms with Crippen LogP contribution >= 0.6 is 0 Å². The summed E-state index contributed by atoms with van der Waals surface area (Å²) in [6.07, 6.45) is 6.33. The smallest absolute Gasteiger partial charge is 0.270 e. The van der Waals surface area contributed by atoms with Crippen LogP contribution in [0, 0.1) is 37.9 Å². The van der Waals surface area contributed by atoms with E-state index >= 15 is 0 Å². The van der Waals surface area contributed by atoms with Gasteiger partial charge in [0.05, 0.1) is 35.3 Å². The number of carbonyl (C=O) groups is 1. The Morgan fingerprint density at radius 3 is 2.46 bits per heavy atom. The summed E-state index contributed by atoms with van der Waals surface area (Å²) in [7, 11) is 3.71. The minimum Gasteiger partial charge on any atom is -0.388 e. The number of anilines is 3. The average molecular weight is 727 g/mol. The quantitative estimate of drug-likeness (QED) is 0.0993. The van der Waals surface area contributed by atoms with Crippen LogP contribution < -0.4 is 26.2 Å². The lowest BCUT2D eigenvalue weighted by Crippen LogP contribution is -2.50. The fourth-order valence-electron chi connectivity index (χ4n) is 8.71. The Kier molecular flexibility index (Phi) is 8.50. The van der Waals surface area contributed by atoms with E-state index in [0.29, 0.717) is 42.2 Å². The normalized spacial score (nSPS) is 19.8. The van der Waals surface area contributed by atoms with Crippen LogP contribution in [0.4, 0.5) is 21.6 Å². The molecule has 1 fully saturated rings. The van der Waals surface area contributed by atoms with E-state index in [9.17, 15) is 9.18 Å². The van der Waals surface area contributed by atoms with Crippen LogP contribution in [0.15, 0.2) is 79.4 Å². The average Bonchev–Trinajstić information content (AvgIpc) is 3.45. The predicted octanol–water partition coefficient (Wildman–Crippen LogP) is 6.64. The van der Waals surface area contributed by atoms with Crippen LogP contribution in [0.2, 0.25) is 0 Å². The number of aromatic nitrogens is 3. The maximum atomic E-state index is 15.0. The van der Waals surface area contributed by atoms with Gasteiger partial charge in [0.15, 0.2) is 0 Å². The minimum atomic E-state index is -0.430. The maximum absolute atomic E-state index is 15.0. The van der Waals surface area contributed by atoms with Crippen LogP contribution in [0.3, 0.4) is 0 Å². The molecule has 5 aromatic rings. The number of rotatable bonds is 9. The number of fused-ring (bicyclic) bond motifs is 2. The third-order valence-electron chi connectivity index (χ3n) is 11.8. The molecule has 8 rings (SSSR count). The molecule has 2 aliphatic heterocycles. The van der Waals surface area contributed by atoms with Crippen molar-refractivity contribution in [1.82, 2.24) is 24.6 Å². The summed E-state index contributed by atoms with van der Waals surface area (Å²) in [5.41, 5.74) is 14.9. The van der Waals surface area contributed by atoms with E-state index in [1.165, 1.54) is 6.21 Å². The van der Waals surface area contributed by atoms with E-state index in [1.54, 1.807) is 13.8 Å². The number of nitrogens with two attached hydrogens (primary N) is 1. The zero-order chi connectivity index (χ0) is 38.2. The molecule has 11 nitrogen and oxygen atoms in total. The van der Waals surface area contributed by atoms with Crippen molar-refractivity contribution in [1.29, 1.82) is 5.41 Å². The number of halogens is 1. The number of carbonyl (C=O) groups excluding carboxylic acids is 1. The first kappa shape index (κ1) is 35.3. The van der Waals surface area contributed by atoms with Gasteiger partial charge >= 0.3 is 0 Å². The predicted molar refractivity (Wildman–Crippen MR) is 214 cm³/mol. The number of nitrogens with one attached hydrogen (secondary N) is 3.